The fourth-order valence-electron chi connectivity index (χ4n) is 10.7. The summed E-state index contributed by atoms with van der Waals surface area (Å²) in [5.74, 6) is -2.35. The van der Waals surface area contributed by atoms with E-state index in [1.54, 1.807) is 30.2 Å². The third kappa shape index (κ3) is 9.59. The molecule has 7 rings (SSSR count). The van der Waals surface area contributed by atoms with Gasteiger partial charge in [0.2, 0.25) is 0 Å². The number of hydrogen-bond acceptors (Lipinski definition) is 16. The van der Waals surface area contributed by atoms with Crippen molar-refractivity contribution < 1.29 is 48.0 Å². The van der Waals surface area contributed by atoms with Crippen LogP contribution in [0, 0.1) is 23.7 Å². The van der Waals surface area contributed by atoms with Gasteiger partial charge in [-0.15, -0.1) is 0 Å². The van der Waals surface area contributed by atoms with Crippen molar-refractivity contribution in [3.63, 3.8) is 0 Å². The number of ether oxygens (including phenoxy) is 6. The van der Waals surface area contributed by atoms with Gasteiger partial charge >= 0.3 is 12.1 Å². The fourth-order valence-corrected chi connectivity index (χ4v) is 10.7. The van der Waals surface area contributed by atoms with E-state index in [1.807, 2.05) is 71.8 Å². The molecule has 346 valence electrons. The molecule has 7 heterocycles. The topological polar surface area (TPSA) is 202 Å². The Hall–Kier alpha value is -4.26. The quantitative estimate of drug-likeness (QED) is 0.268. The molecule has 17 nitrogen and oxygen atoms in total. The van der Waals surface area contributed by atoms with Crippen molar-refractivity contribution in [1.29, 1.82) is 0 Å². The molecule has 0 aromatic carbocycles. The number of aliphatic imine (C=N–C) groups is 1. The highest BCUT2D eigenvalue weighted by molar-refractivity contribution is 5.91. The lowest BCUT2D eigenvalue weighted by Gasteiger charge is -2.48. The van der Waals surface area contributed by atoms with Crippen LogP contribution in [-0.2, 0) is 44.7 Å². The summed E-state index contributed by atoms with van der Waals surface area (Å²) in [5.41, 5.74) is 7.55. The molecule has 17 heteroatoms. The van der Waals surface area contributed by atoms with Crippen LogP contribution in [0.4, 0.5) is 10.5 Å². The monoisotopic (exact) mass is 877 g/mol. The molecule has 5 aliphatic heterocycles. The van der Waals surface area contributed by atoms with Crippen molar-refractivity contribution in [2.75, 3.05) is 46.1 Å². The number of cyclic esters (lactones) is 1. The van der Waals surface area contributed by atoms with E-state index in [9.17, 15) is 14.7 Å². The Morgan fingerprint density at radius 2 is 1.84 bits per heavy atom. The highest BCUT2D eigenvalue weighted by atomic mass is 16.7. The first-order chi connectivity index (χ1) is 29.9. The zero-order valence-corrected chi connectivity index (χ0v) is 38.4. The maximum Gasteiger partial charge on any atom is 0.410 e. The van der Waals surface area contributed by atoms with Gasteiger partial charge in [0, 0.05) is 42.0 Å². The summed E-state index contributed by atoms with van der Waals surface area (Å²) in [7, 11) is 3.86. The van der Waals surface area contributed by atoms with Crippen LogP contribution in [0.15, 0.2) is 46.7 Å². The molecule has 0 saturated carbocycles. The summed E-state index contributed by atoms with van der Waals surface area (Å²) in [5, 5.41) is 16.4. The molecule has 2 aromatic rings. The Kier molecular flexibility index (Phi) is 14.1. The molecule has 0 aliphatic carbocycles. The number of pyridine rings is 2. The normalized spacial score (nSPS) is 38.4. The van der Waals surface area contributed by atoms with Crippen molar-refractivity contribution in [3.05, 3.63) is 42.2 Å². The van der Waals surface area contributed by atoms with Crippen molar-refractivity contribution in [3.8, 4) is 11.4 Å². The van der Waals surface area contributed by atoms with Gasteiger partial charge in [0.15, 0.2) is 18.5 Å². The second-order valence-corrected chi connectivity index (χ2v) is 18.8. The molecule has 4 bridgehead atoms. The van der Waals surface area contributed by atoms with Gasteiger partial charge in [-0.25, -0.2) is 9.78 Å². The molecule has 63 heavy (non-hydrogen) atoms. The Morgan fingerprint density at radius 3 is 2.57 bits per heavy atom. The fraction of sp³-hybridized carbons (Fsp3) is 0.696. The summed E-state index contributed by atoms with van der Waals surface area (Å²) in [6.07, 6.45) is -1.97. The second-order valence-electron chi connectivity index (χ2n) is 18.8. The van der Waals surface area contributed by atoms with Crippen LogP contribution in [0.2, 0.25) is 0 Å². The van der Waals surface area contributed by atoms with E-state index in [0.717, 1.165) is 5.71 Å². The smallest absolute Gasteiger partial charge is 0.410 e. The van der Waals surface area contributed by atoms with E-state index in [4.69, 9.17) is 49.0 Å². The van der Waals surface area contributed by atoms with Crippen LogP contribution in [0.25, 0.3) is 11.4 Å². The highest BCUT2D eigenvalue weighted by Crippen LogP contribution is 2.45. The predicted molar refractivity (Wildman–Crippen MR) is 235 cm³/mol. The van der Waals surface area contributed by atoms with Gasteiger partial charge in [0.05, 0.1) is 72.7 Å². The molecule has 5 aliphatic rings. The maximum absolute atomic E-state index is 14.6. The van der Waals surface area contributed by atoms with Crippen LogP contribution in [0.3, 0.4) is 0 Å². The molecule has 14 atom stereocenters. The maximum atomic E-state index is 14.6. The second kappa shape index (κ2) is 19.1. The minimum Gasteiger partial charge on any atom is -0.458 e. The number of aliphatic hydroxyl groups is 1. The first-order valence-corrected chi connectivity index (χ1v) is 22.4. The highest BCUT2D eigenvalue weighted by Gasteiger charge is 2.60. The average Bonchev–Trinajstić information content (AvgIpc) is 3.39. The SMILES string of the molecule is CC[C@@H]1OC(=O)[C@H](C)[C@H]2OCC(=NOCc3cccc(-c4cc(N)ccn4)n3)CO[C@](C)(C[C@@H](C)C3=NCCN4C(=O)O[C@@]1(C)[C@H]4[C@H]3C)[C@@H](O[C@H]1O[C@@H](C)C[C@@H](N(C)C)[C@@H]1O)[C@@H]2C. The summed E-state index contributed by atoms with van der Waals surface area (Å²) in [6, 6.07) is 8.35. The van der Waals surface area contributed by atoms with E-state index in [-0.39, 0.29) is 43.8 Å². The third-order valence-electron chi connectivity index (χ3n) is 13.8. The lowest BCUT2D eigenvalue weighted by atomic mass is 9.72. The molecule has 1 amide bonds. The van der Waals surface area contributed by atoms with Gasteiger partial charge in [-0.3, -0.25) is 19.7 Å². The van der Waals surface area contributed by atoms with Gasteiger partial charge in [-0.2, -0.15) is 0 Å². The first kappa shape index (κ1) is 46.7. The number of likely N-dealkylation sites (N-methyl/N-ethyl adjacent to an activating group) is 1. The minimum atomic E-state index is -1.15. The van der Waals surface area contributed by atoms with E-state index in [2.05, 4.69) is 24.0 Å². The molecule has 4 saturated heterocycles. The lowest BCUT2D eigenvalue weighted by molar-refractivity contribution is -0.302. The zero-order chi connectivity index (χ0) is 45.4. The number of esters is 1. The molecule has 0 spiro atoms. The van der Waals surface area contributed by atoms with E-state index in [0.29, 0.717) is 60.8 Å². The van der Waals surface area contributed by atoms with Gasteiger partial charge in [0.1, 0.15) is 17.9 Å². The van der Waals surface area contributed by atoms with Gasteiger partial charge in [-0.1, -0.05) is 38.9 Å². The Balaban J connectivity index is 1.28. The first-order valence-electron chi connectivity index (χ1n) is 22.4. The van der Waals surface area contributed by atoms with Crippen LogP contribution in [0.1, 0.15) is 80.3 Å². The number of carbonyl (C=O) groups excluding carboxylic acids is 2. The molecule has 0 unspecified atom stereocenters. The molecule has 4 fully saturated rings. The number of nitrogen functional groups attached to an aromatic ring is 1. The van der Waals surface area contributed by atoms with Crippen LogP contribution in [-0.4, -0.2) is 149 Å². The zero-order valence-electron chi connectivity index (χ0n) is 38.4. The lowest BCUT2D eigenvalue weighted by Crippen LogP contribution is -2.60. The molecule has 2 aromatic heterocycles. The number of carbonyl (C=O) groups is 2. The van der Waals surface area contributed by atoms with Crippen molar-refractivity contribution in [1.82, 2.24) is 19.8 Å². The van der Waals surface area contributed by atoms with Crippen molar-refractivity contribution >= 4 is 29.2 Å². The third-order valence-corrected chi connectivity index (χ3v) is 13.8. The standard InChI is InChI=1S/C46H67N7O10/c1-11-36-46(8)40-27(4)37(49-17-18-53(40)44(56)63-46)25(2)21-45(7)41(62-43-38(54)35(52(9)10)19-26(3)60-43)28(5)39(29(6)42(55)61-36)57-22-32(23-58-45)51-59-24-31-13-12-14-33(50-31)34-20-30(47)15-16-48-34/h12-16,20,25-29,35-36,38-41,43,54H,11,17-19,21-24H2,1-10H3,(H2,47,48)/t25-,26+,27+,28-,29-,35-,36+,38+,39+,40-,41+,43-,45-,46-/m1/s1. The predicted octanol–water partition coefficient (Wildman–Crippen LogP) is 4.89. The summed E-state index contributed by atoms with van der Waals surface area (Å²) in [4.78, 5) is 52.1. The van der Waals surface area contributed by atoms with E-state index >= 15 is 0 Å². The van der Waals surface area contributed by atoms with Gasteiger partial charge < -0.3 is 49.0 Å². The number of aromatic nitrogens is 2. The van der Waals surface area contributed by atoms with Crippen LogP contribution < -0.4 is 5.73 Å². The van der Waals surface area contributed by atoms with Crippen LogP contribution in [0.5, 0.6) is 0 Å². The number of hydrogen-bond donors (Lipinski definition) is 2. The number of aliphatic hydroxyl groups excluding tert-OH is 1. The Labute approximate surface area is 371 Å². The summed E-state index contributed by atoms with van der Waals surface area (Å²) < 4.78 is 39.9. The Bertz CT molecular complexity index is 2020. The molecular formula is C46H67N7O10. The number of anilines is 1. The minimum absolute atomic E-state index is 0.0103. The van der Waals surface area contributed by atoms with Gasteiger partial charge in [0.25, 0.3) is 0 Å². The molecule has 0 radical (unpaired) electrons. The van der Waals surface area contributed by atoms with Crippen molar-refractivity contribution in [2.45, 2.75) is 141 Å². The number of nitrogens with zero attached hydrogens (tertiary/aromatic N) is 6. The van der Waals surface area contributed by atoms with E-state index < -0.39 is 71.8 Å². The molecular weight excluding hydrogens is 811 g/mol. The van der Waals surface area contributed by atoms with Gasteiger partial charge in [-0.05, 0) is 91.2 Å². The largest absolute Gasteiger partial charge is 0.458 e. The summed E-state index contributed by atoms with van der Waals surface area (Å²) in [6.45, 7) is 16.5. The number of rotatable bonds is 8. The number of nitrogens with two attached hydrogens (primary N) is 1. The summed E-state index contributed by atoms with van der Waals surface area (Å²) >= 11 is 0. The van der Waals surface area contributed by atoms with Crippen LogP contribution >= 0.6 is 0 Å². The number of oxime groups is 1. The van der Waals surface area contributed by atoms with Crippen molar-refractivity contribution in [2.24, 2.45) is 33.8 Å². The number of amides is 1. The van der Waals surface area contributed by atoms with E-state index in [1.165, 1.54) is 0 Å². The Morgan fingerprint density at radius 1 is 1.06 bits per heavy atom. The number of fused-ring (bicyclic) bond motifs is 4. The average molecular weight is 878 g/mol. The molecule has 3 N–H and O–H groups in total.